The summed E-state index contributed by atoms with van der Waals surface area (Å²) in [5.41, 5.74) is 6.28. The van der Waals surface area contributed by atoms with E-state index in [-0.39, 0.29) is 0 Å². The molecule has 4 atom stereocenters. The molecular weight excluding hydrogens is 200 g/mol. The third-order valence-corrected chi connectivity index (χ3v) is 3.77. The van der Waals surface area contributed by atoms with Crippen LogP contribution in [-0.2, 0) is 4.74 Å². The second kappa shape index (κ2) is 6.58. The normalized spacial score (nSPS) is 35.6. The third-order valence-electron chi connectivity index (χ3n) is 3.77. The summed E-state index contributed by atoms with van der Waals surface area (Å²) in [6.45, 7) is 9.29. The van der Waals surface area contributed by atoms with E-state index in [1.54, 1.807) is 0 Å². The van der Waals surface area contributed by atoms with Crippen molar-refractivity contribution >= 4 is 0 Å². The highest BCUT2D eigenvalue weighted by Crippen LogP contribution is 2.30. The summed E-state index contributed by atoms with van der Waals surface area (Å²) >= 11 is 0. The topological polar surface area (TPSA) is 38.5 Å². The zero-order chi connectivity index (χ0) is 12.1. The smallest absolute Gasteiger partial charge is 0.0593 e. The molecule has 3 heteroatoms. The lowest BCUT2D eigenvalue weighted by molar-refractivity contribution is 0.0601. The molecule has 0 aliphatic heterocycles. The van der Waals surface area contributed by atoms with E-state index in [1.807, 2.05) is 6.92 Å². The van der Waals surface area contributed by atoms with Crippen molar-refractivity contribution in [3.05, 3.63) is 0 Å². The van der Waals surface area contributed by atoms with Crippen molar-refractivity contribution in [1.29, 1.82) is 0 Å². The fourth-order valence-corrected chi connectivity index (χ4v) is 3.16. The van der Waals surface area contributed by atoms with Gasteiger partial charge in [0, 0.05) is 25.2 Å². The maximum Gasteiger partial charge on any atom is 0.0593 e. The first-order chi connectivity index (χ1) is 7.56. The summed E-state index contributed by atoms with van der Waals surface area (Å²) < 4.78 is 5.40. The molecular formula is C13H28N2O. The van der Waals surface area contributed by atoms with E-state index >= 15 is 0 Å². The minimum atomic E-state index is 0.324. The number of likely N-dealkylation sites (N-methyl/N-ethyl adjacent to an activating group) is 1. The third kappa shape index (κ3) is 3.72. The van der Waals surface area contributed by atoms with Gasteiger partial charge in [0.2, 0.25) is 0 Å². The Morgan fingerprint density at radius 1 is 1.31 bits per heavy atom. The van der Waals surface area contributed by atoms with Crippen LogP contribution in [0.25, 0.3) is 0 Å². The van der Waals surface area contributed by atoms with Gasteiger partial charge in [0.15, 0.2) is 0 Å². The molecule has 0 heterocycles. The van der Waals surface area contributed by atoms with Crippen LogP contribution < -0.4 is 5.73 Å². The molecule has 0 aromatic carbocycles. The lowest BCUT2D eigenvalue weighted by Crippen LogP contribution is -2.54. The molecule has 0 amide bonds. The Kier molecular flexibility index (Phi) is 5.73. The fourth-order valence-electron chi connectivity index (χ4n) is 3.16. The van der Waals surface area contributed by atoms with Crippen molar-refractivity contribution in [1.82, 2.24) is 4.90 Å². The maximum atomic E-state index is 6.28. The van der Waals surface area contributed by atoms with Gasteiger partial charge in [-0.15, -0.1) is 0 Å². The molecule has 0 radical (unpaired) electrons. The molecule has 1 rings (SSSR count). The first-order valence-electron chi connectivity index (χ1n) is 6.59. The van der Waals surface area contributed by atoms with E-state index in [2.05, 4.69) is 25.8 Å². The van der Waals surface area contributed by atoms with E-state index in [0.717, 1.165) is 32.1 Å². The highest BCUT2D eigenvalue weighted by Gasteiger charge is 2.33. The summed E-state index contributed by atoms with van der Waals surface area (Å²) in [6, 6.07) is 0.849. The van der Waals surface area contributed by atoms with E-state index in [1.165, 1.54) is 6.42 Å². The van der Waals surface area contributed by atoms with Crippen LogP contribution in [0.5, 0.6) is 0 Å². The molecule has 0 aromatic heterocycles. The monoisotopic (exact) mass is 228 g/mol. The second-order valence-corrected chi connectivity index (χ2v) is 5.39. The number of rotatable bonds is 5. The average Bonchev–Trinajstić information content (AvgIpc) is 2.16. The molecule has 0 spiro atoms. The fraction of sp³-hybridized carbons (Fsp3) is 1.00. The van der Waals surface area contributed by atoms with Gasteiger partial charge in [0.25, 0.3) is 0 Å². The molecule has 1 saturated carbocycles. The average molecular weight is 228 g/mol. The van der Waals surface area contributed by atoms with Gasteiger partial charge < -0.3 is 10.5 Å². The lowest BCUT2D eigenvalue weighted by Gasteiger charge is -2.42. The van der Waals surface area contributed by atoms with Crippen molar-refractivity contribution in [3.63, 3.8) is 0 Å². The van der Waals surface area contributed by atoms with E-state index in [9.17, 15) is 0 Å². The maximum absolute atomic E-state index is 6.28. The van der Waals surface area contributed by atoms with Crippen molar-refractivity contribution in [2.75, 3.05) is 26.8 Å². The largest absolute Gasteiger partial charge is 0.380 e. The van der Waals surface area contributed by atoms with E-state index in [4.69, 9.17) is 10.5 Å². The number of ether oxygens (including phenoxy) is 1. The SMILES string of the molecule is CCOCCN(C)C1C(C)CC(C)CC1N. The van der Waals surface area contributed by atoms with E-state index < -0.39 is 0 Å². The molecule has 96 valence electrons. The van der Waals surface area contributed by atoms with Crippen LogP contribution in [0.4, 0.5) is 0 Å². The molecule has 1 aliphatic rings. The lowest BCUT2D eigenvalue weighted by atomic mass is 9.76. The van der Waals surface area contributed by atoms with Gasteiger partial charge in [-0.05, 0) is 38.6 Å². The Morgan fingerprint density at radius 2 is 2.00 bits per heavy atom. The quantitative estimate of drug-likeness (QED) is 0.728. The molecule has 3 nitrogen and oxygen atoms in total. The van der Waals surface area contributed by atoms with Crippen LogP contribution in [0.1, 0.15) is 33.6 Å². The number of nitrogens with two attached hydrogens (primary N) is 1. The predicted octanol–water partition coefficient (Wildman–Crippen LogP) is 1.72. The molecule has 4 unspecified atom stereocenters. The van der Waals surface area contributed by atoms with Crippen LogP contribution in [0.2, 0.25) is 0 Å². The Bertz CT molecular complexity index is 186. The molecule has 1 fully saturated rings. The van der Waals surface area contributed by atoms with Crippen molar-refractivity contribution in [2.45, 2.75) is 45.7 Å². The van der Waals surface area contributed by atoms with Crippen LogP contribution in [0.3, 0.4) is 0 Å². The summed E-state index contributed by atoms with van der Waals surface area (Å²) in [7, 11) is 2.18. The summed E-state index contributed by atoms with van der Waals surface area (Å²) in [6.07, 6.45) is 2.46. The Hall–Kier alpha value is -0.120. The molecule has 1 aliphatic carbocycles. The summed E-state index contributed by atoms with van der Waals surface area (Å²) in [5.74, 6) is 1.48. The molecule has 0 bridgehead atoms. The van der Waals surface area contributed by atoms with Gasteiger partial charge in [-0.2, -0.15) is 0 Å². The molecule has 16 heavy (non-hydrogen) atoms. The summed E-state index contributed by atoms with van der Waals surface area (Å²) in [4.78, 5) is 2.39. The molecule has 0 aromatic rings. The van der Waals surface area contributed by atoms with Crippen LogP contribution >= 0.6 is 0 Å². The van der Waals surface area contributed by atoms with Crippen LogP contribution in [-0.4, -0.2) is 43.8 Å². The van der Waals surface area contributed by atoms with Gasteiger partial charge in [-0.1, -0.05) is 13.8 Å². The highest BCUT2D eigenvalue weighted by molar-refractivity contribution is 4.91. The minimum Gasteiger partial charge on any atom is -0.380 e. The number of hydrogen-bond donors (Lipinski definition) is 1. The van der Waals surface area contributed by atoms with Crippen LogP contribution in [0.15, 0.2) is 0 Å². The number of nitrogens with zero attached hydrogens (tertiary/aromatic N) is 1. The van der Waals surface area contributed by atoms with Gasteiger partial charge in [-0.3, -0.25) is 4.90 Å². The highest BCUT2D eigenvalue weighted by atomic mass is 16.5. The first kappa shape index (κ1) is 13.9. The van der Waals surface area contributed by atoms with Crippen LogP contribution in [0, 0.1) is 11.8 Å². The predicted molar refractivity (Wildman–Crippen MR) is 68.4 cm³/mol. The second-order valence-electron chi connectivity index (χ2n) is 5.39. The van der Waals surface area contributed by atoms with Gasteiger partial charge in [0.05, 0.1) is 6.61 Å². The summed E-state index contributed by atoms with van der Waals surface area (Å²) in [5, 5.41) is 0. The van der Waals surface area contributed by atoms with Gasteiger partial charge in [-0.25, -0.2) is 0 Å². The van der Waals surface area contributed by atoms with E-state index in [0.29, 0.717) is 18.0 Å². The van der Waals surface area contributed by atoms with Crippen molar-refractivity contribution in [2.24, 2.45) is 17.6 Å². The Morgan fingerprint density at radius 3 is 2.56 bits per heavy atom. The first-order valence-corrected chi connectivity index (χ1v) is 6.59. The van der Waals surface area contributed by atoms with Crippen molar-refractivity contribution < 1.29 is 4.74 Å². The Balaban J connectivity index is 2.43. The zero-order valence-electron chi connectivity index (χ0n) is 11.3. The minimum absolute atomic E-state index is 0.324. The standard InChI is InChI=1S/C13H28N2O/c1-5-16-7-6-15(4)13-11(3)8-10(2)9-12(13)14/h10-13H,5-9,14H2,1-4H3. The molecule has 2 N–H and O–H groups in total. The molecule has 0 saturated heterocycles. The number of hydrogen-bond acceptors (Lipinski definition) is 3. The zero-order valence-corrected chi connectivity index (χ0v) is 11.3. The van der Waals surface area contributed by atoms with Crippen molar-refractivity contribution in [3.8, 4) is 0 Å². The van der Waals surface area contributed by atoms with Gasteiger partial charge >= 0.3 is 0 Å². The Labute approximate surface area is 100 Å². The van der Waals surface area contributed by atoms with Gasteiger partial charge in [0.1, 0.15) is 0 Å².